The molecule has 34 heavy (non-hydrogen) atoms. The SMILES string of the molecule is O=C(COC(=O)Cc1ccccc1Nc1c(Cl)cccc1Cl)NC(P(=O)(O)O)P(=O)(O)O.[Na].[Na]. The molecule has 2 radical (unpaired) electrons. The van der Waals surface area contributed by atoms with Crippen LogP contribution in [0.1, 0.15) is 5.56 Å². The zero-order valence-electron chi connectivity index (χ0n) is 18.0. The number of benzene rings is 2. The molecule has 0 fully saturated rings. The van der Waals surface area contributed by atoms with Crippen molar-refractivity contribution in [2.45, 2.75) is 11.9 Å². The molecule has 0 spiro atoms. The first-order valence-corrected chi connectivity index (χ1v) is 12.8. The van der Waals surface area contributed by atoms with Crippen LogP contribution < -0.4 is 10.6 Å². The molecule has 0 aliphatic heterocycles. The van der Waals surface area contributed by atoms with Crippen LogP contribution in [0.3, 0.4) is 0 Å². The molecule has 0 aliphatic carbocycles. The molecule has 176 valence electrons. The van der Waals surface area contributed by atoms with Crippen molar-refractivity contribution in [2.75, 3.05) is 11.9 Å². The fraction of sp³-hybridized carbons (Fsp3) is 0.176. The van der Waals surface area contributed by atoms with Gasteiger partial charge in [0.1, 0.15) is 0 Å². The Morgan fingerprint density at radius 3 is 1.97 bits per heavy atom. The number of halogens is 2. The number of carbonyl (C=O) groups excluding carboxylic acids is 2. The quantitative estimate of drug-likeness (QED) is 0.147. The summed E-state index contributed by atoms with van der Waals surface area (Å²) in [5, 5.41) is 5.19. The molecule has 1 amide bonds. The van der Waals surface area contributed by atoms with Crippen LogP contribution in [0.15, 0.2) is 42.5 Å². The summed E-state index contributed by atoms with van der Waals surface area (Å²) >= 11 is 12.3. The number of amides is 1. The molecular weight excluding hydrogens is 555 g/mol. The molecule has 6 N–H and O–H groups in total. The van der Waals surface area contributed by atoms with Gasteiger partial charge in [0.2, 0.25) is 5.52 Å². The Bertz CT molecular complexity index is 1070. The molecular formula is C17H18Cl2N2Na2O9P2. The van der Waals surface area contributed by atoms with Crippen LogP contribution >= 0.6 is 38.4 Å². The summed E-state index contributed by atoms with van der Waals surface area (Å²) in [6.45, 7) is -1.01. The van der Waals surface area contributed by atoms with Crippen molar-refractivity contribution in [1.82, 2.24) is 5.32 Å². The van der Waals surface area contributed by atoms with Gasteiger partial charge in [-0.05, 0) is 23.8 Å². The molecule has 0 unspecified atom stereocenters. The van der Waals surface area contributed by atoms with Crippen LogP contribution in [0.25, 0.3) is 0 Å². The van der Waals surface area contributed by atoms with Gasteiger partial charge >= 0.3 is 21.2 Å². The zero-order valence-corrected chi connectivity index (χ0v) is 25.3. The van der Waals surface area contributed by atoms with Crippen molar-refractivity contribution in [2.24, 2.45) is 0 Å². The average Bonchev–Trinajstić information content (AvgIpc) is 2.67. The number of rotatable bonds is 9. The van der Waals surface area contributed by atoms with Gasteiger partial charge in [-0.2, -0.15) is 0 Å². The normalized spacial score (nSPS) is 11.1. The Morgan fingerprint density at radius 1 is 0.912 bits per heavy atom. The third-order valence-corrected chi connectivity index (χ3v) is 7.83. The Labute approximate surface area is 248 Å². The number of ether oxygens (including phenoxy) is 1. The van der Waals surface area contributed by atoms with Crippen molar-refractivity contribution < 1.29 is 43.0 Å². The minimum Gasteiger partial charge on any atom is -0.455 e. The topological polar surface area (TPSA) is 182 Å². The second kappa shape index (κ2) is 14.7. The van der Waals surface area contributed by atoms with Gasteiger partial charge in [-0.1, -0.05) is 47.5 Å². The Kier molecular flexibility index (Phi) is 14.7. The molecule has 0 aromatic heterocycles. The fourth-order valence-electron chi connectivity index (χ4n) is 2.45. The van der Waals surface area contributed by atoms with E-state index in [-0.39, 0.29) is 65.5 Å². The number of para-hydroxylation sites is 2. The van der Waals surface area contributed by atoms with Gasteiger partial charge in [-0.15, -0.1) is 0 Å². The van der Waals surface area contributed by atoms with E-state index in [0.717, 1.165) is 0 Å². The van der Waals surface area contributed by atoms with Gasteiger partial charge in [0, 0.05) is 64.8 Å². The van der Waals surface area contributed by atoms with E-state index in [2.05, 4.69) is 5.32 Å². The van der Waals surface area contributed by atoms with Gasteiger partial charge in [0.25, 0.3) is 5.91 Å². The molecule has 17 heteroatoms. The summed E-state index contributed by atoms with van der Waals surface area (Å²) in [6.07, 6.45) is -0.307. The van der Waals surface area contributed by atoms with Gasteiger partial charge < -0.3 is 34.9 Å². The van der Waals surface area contributed by atoms with E-state index in [4.69, 9.17) is 47.5 Å². The summed E-state index contributed by atoms with van der Waals surface area (Å²) in [4.78, 5) is 59.9. The average molecular weight is 573 g/mol. The van der Waals surface area contributed by atoms with E-state index in [0.29, 0.717) is 27.0 Å². The maximum absolute atomic E-state index is 12.1. The molecule has 0 saturated heterocycles. The first kappa shape index (κ1) is 34.1. The predicted molar refractivity (Wildman–Crippen MR) is 128 cm³/mol. The molecule has 0 atom stereocenters. The maximum atomic E-state index is 12.1. The Morgan fingerprint density at radius 2 is 1.44 bits per heavy atom. The largest absolute Gasteiger partial charge is 0.455 e. The summed E-state index contributed by atoms with van der Waals surface area (Å²) in [5.74, 6) is -2.19. The summed E-state index contributed by atoms with van der Waals surface area (Å²) in [7, 11) is -10.7. The summed E-state index contributed by atoms with van der Waals surface area (Å²) in [6, 6.07) is 11.5. The maximum Gasteiger partial charge on any atom is 0.360 e. The van der Waals surface area contributed by atoms with Crippen LogP contribution in [-0.4, -0.2) is 103 Å². The van der Waals surface area contributed by atoms with Gasteiger partial charge in [0.15, 0.2) is 6.61 Å². The molecule has 0 heterocycles. The van der Waals surface area contributed by atoms with E-state index in [1.54, 1.807) is 42.5 Å². The van der Waals surface area contributed by atoms with Crippen LogP contribution in [0, 0.1) is 0 Å². The first-order valence-electron chi connectivity index (χ1n) is 8.63. The van der Waals surface area contributed by atoms with Gasteiger partial charge in [0.05, 0.1) is 22.2 Å². The molecule has 0 aliphatic rings. The number of esters is 1. The van der Waals surface area contributed by atoms with Gasteiger partial charge in [-0.25, -0.2) is 0 Å². The predicted octanol–water partition coefficient (Wildman–Crippen LogP) is 1.82. The van der Waals surface area contributed by atoms with Crippen LogP contribution in [0.2, 0.25) is 10.0 Å². The molecule has 0 bridgehead atoms. The first-order chi connectivity index (χ1) is 14.8. The second-order valence-electron chi connectivity index (χ2n) is 6.34. The van der Waals surface area contributed by atoms with E-state index >= 15 is 0 Å². The van der Waals surface area contributed by atoms with Crippen molar-refractivity contribution in [3.8, 4) is 0 Å². The Hall–Kier alpha value is 0.0600. The van der Waals surface area contributed by atoms with Crippen LogP contribution in [-0.2, 0) is 29.9 Å². The molecule has 2 aromatic carbocycles. The second-order valence-corrected chi connectivity index (χ2v) is 10.9. The smallest absolute Gasteiger partial charge is 0.360 e. The standard InChI is InChI=1S/C17H18Cl2N2O9P2.2Na/c18-11-5-3-6-12(19)16(11)20-13-7-2-1-4-10(13)8-15(23)30-9-14(22)21-17(31(24,25)26)32(27,28)29;;/h1-7,17,20H,8-9H2,(H,21,22)(H2,24,25,26)(H2,27,28,29);;. The third kappa shape index (κ3) is 10.6. The van der Waals surface area contributed by atoms with Crippen LogP contribution in [0.4, 0.5) is 11.4 Å². The van der Waals surface area contributed by atoms with Crippen molar-refractivity contribution in [1.29, 1.82) is 0 Å². The monoisotopic (exact) mass is 572 g/mol. The number of hydrogen-bond acceptors (Lipinski definition) is 6. The van der Waals surface area contributed by atoms with E-state index in [1.165, 1.54) is 5.32 Å². The minimum absolute atomic E-state index is 0. The fourth-order valence-corrected chi connectivity index (χ4v) is 5.13. The number of nitrogens with one attached hydrogen (secondary N) is 2. The number of anilines is 2. The molecule has 2 aromatic rings. The van der Waals surface area contributed by atoms with E-state index in [1.807, 2.05) is 0 Å². The van der Waals surface area contributed by atoms with Crippen molar-refractivity contribution in [3.63, 3.8) is 0 Å². The number of carbonyl (C=O) groups is 2. The summed E-state index contributed by atoms with van der Waals surface area (Å²) < 4.78 is 27.1. The molecule has 2 rings (SSSR count). The van der Waals surface area contributed by atoms with Crippen molar-refractivity contribution in [3.05, 3.63) is 58.1 Å². The number of hydrogen-bond donors (Lipinski definition) is 6. The van der Waals surface area contributed by atoms with E-state index in [9.17, 15) is 18.7 Å². The van der Waals surface area contributed by atoms with E-state index < -0.39 is 39.2 Å². The Balaban J connectivity index is 0.00000544. The van der Waals surface area contributed by atoms with Gasteiger partial charge in [-0.3, -0.25) is 18.7 Å². The third-order valence-electron chi connectivity index (χ3n) is 3.87. The van der Waals surface area contributed by atoms with Crippen molar-refractivity contribution >= 4 is 121 Å². The minimum atomic E-state index is -5.37. The molecule has 0 saturated carbocycles. The molecule has 11 nitrogen and oxygen atoms in total. The zero-order chi connectivity index (χ0) is 24.1. The summed E-state index contributed by atoms with van der Waals surface area (Å²) in [5.41, 5.74) is -1.40. The van der Waals surface area contributed by atoms with Crippen LogP contribution in [0.5, 0.6) is 0 Å².